The van der Waals surface area contributed by atoms with E-state index < -0.39 is 6.10 Å². The first kappa shape index (κ1) is 18.7. The molecule has 2 aromatic heterocycles. The zero-order chi connectivity index (χ0) is 19.2. The lowest BCUT2D eigenvalue weighted by Crippen LogP contribution is -2.17. The van der Waals surface area contributed by atoms with Gasteiger partial charge in [-0.15, -0.1) is 0 Å². The average Bonchev–Trinajstić information content (AvgIpc) is 3.16. The molecule has 0 saturated heterocycles. The molecule has 3 aromatic rings. The monoisotopic (exact) mass is 377 g/mol. The molecule has 1 aliphatic rings. The van der Waals surface area contributed by atoms with Crippen LogP contribution in [0.25, 0.3) is 0 Å². The Labute approximate surface area is 165 Å². The lowest BCUT2D eigenvalue weighted by atomic mass is 9.89. The van der Waals surface area contributed by atoms with Gasteiger partial charge in [-0.05, 0) is 30.7 Å². The van der Waals surface area contributed by atoms with Crippen LogP contribution in [0.5, 0.6) is 0 Å². The Kier molecular flexibility index (Phi) is 6.07. The molecule has 146 valence electrons. The summed E-state index contributed by atoms with van der Waals surface area (Å²) >= 11 is 0. The van der Waals surface area contributed by atoms with Gasteiger partial charge in [0.25, 0.3) is 0 Å². The predicted octanol–water partition coefficient (Wildman–Crippen LogP) is 3.52. The Morgan fingerprint density at radius 1 is 1.04 bits per heavy atom. The summed E-state index contributed by atoms with van der Waals surface area (Å²) in [5.41, 5.74) is 1.76. The van der Waals surface area contributed by atoms with Gasteiger partial charge in [-0.25, -0.2) is 9.67 Å². The van der Waals surface area contributed by atoms with Gasteiger partial charge in [0.2, 0.25) is 0 Å². The van der Waals surface area contributed by atoms with E-state index in [0.717, 1.165) is 36.5 Å². The molecule has 1 saturated carbocycles. The van der Waals surface area contributed by atoms with Crippen LogP contribution < -0.4 is 0 Å². The van der Waals surface area contributed by atoms with Crippen LogP contribution >= 0.6 is 0 Å². The fraction of sp³-hybridized carbons (Fsp3) is 0.455. The number of nitrogens with zero attached hydrogens (tertiary/aromatic N) is 5. The van der Waals surface area contributed by atoms with Crippen molar-refractivity contribution in [3.63, 3.8) is 0 Å². The second kappa shape index (κ2) is 9.06. The third-order valence-corrected chi connectivity index (χ3v) is 5.50. The molecule has 0 radical (unpaired) electrons. The molecule has 0 aliphatic heterocycles. The van der Waals surface area contributed by atoms with Gasteiger partial charge in [0.05, 0.1) is 5.69 Å². The topological polar surface area (TPSA) is 76.7 Å². The Morgan fingerprint density at radius 3 is 2.61 bits per heavy atom. The number of hydrogen-bond acceptors (Lipinski definition) is 5. The Morgan fingerprint density at radius 2 is 1.86 bits per heavy atom. The van der Waals surface area contributed by atoms with Gasteiger partial charge in [-0.3, -0.25) is 9.97 Å². The number of benzene rings is 1. The van der Waals surface area contributed by atoms with Crippen LogP contribution in [-0.2, 0) is 19.4 Å². The van der Waals surface area contributed by atoms with E-state index in [-0.39, 0.29) is 0 Å². The quantitative estimate of drug-likeness (QED) is 0.682. The minimum Gasteiger partial charge on any atom is -0.380 e. The summed E-state index contributed by atoms with van der Waals surface area (Å²) in [6.45, 7) is 0.879. The number of aromatic nitrogens is 5. The number of hydrogen-bond donors (Lipinski definition) is 1. The summed E-state index contributed by atoms with van der Waals surface area (Å²) in [5.74, 6) is 2.05. The maximum Gasteiger partial charge on any atom is 0.183 e. The average molecular weight is 377 g/mol. The van der Waals surface area contributed by atoms with E-state index in [2.05, 4.69) is 9.97 Å². The molecule has 6 nitrogen and oxygen atoms in total. The van der Waals surface area contributed by atoms with E-state index in [0.29, 0.717) is 11.7 Å². The second-order valence-corrected chi connectivity index (χ2v) is 7.58. The van der Waals surface area contributed by atoms with Gasteiger partial charge in [0.1, 0.15) is 11.9 Å². The molecule has 1 aliphatic carbocycles. The molecule has 1 unspecified atom stereocenters. The summed E-state index contributed by atoms with van der Waals surface area (Å²) in [5, 5.41) is 15.5. The van der Waals surface area contributed by atoms with Crippen molar-refractivity contribution in [1.82, 2.24) is 24.7 Å². The van der Waals surface area contributed by atoms with Crippen molar-refractivity contribution >= 4 is 0 Å². The first-order valence-corrected chi connectivity index (χ1v) is 10.2. The summed E-state index contributed by atoms with van der Waals surface area (Å²) in [4.78, 5) is 13.2. The molecule has 4 rings (SSSR count). The number of aryl methyl sites for hydroxylation is 2. The summed E-state index contributed by atoms with van der Waals surface area (Å²) < 4.78 is 2.02. The standard InChI is InChI=1S/C22H27N5O/c28-21(18-9-5-2-6-10-18)22-25-20(12-11-19-15-23-13-14-24-19)27(26-22)16-17-7-3-1-4-8-17/h2,5-6,9-10,13-15,17,21,28H,1,3-4,7-8,11-12,16H2. The fourth-order valence-electron chi connectivity index (χ4n) is 3.94. The van der Waals surface area contributed by atoms with Gasteiger partial charge >= 0.3 is 0 Å². The highest BCUT2D eigenvalue weighted by Crippen LogP contribution is 2.26. The van der Waals surface area contributed by atoms with Crippen LogP contribution in [0.1, 0.15) is 61.1 Å². The molecule has 6 heteroatoms. The third-order valence-electron chi connectivity index (χ3n) is 5.50. The van der Waals surface area contributed by atoms with Crippen LogP contribution in [0, 0.1) is 5.92 Å². The molecular formula is C22H27N5O. The number of aliphatic hydroxyl groups is 1. The minimum atomic E-state index is -0.802. The van der Waals surface area contributed by atoms with Crippen molar-refractivity contribution in [3.8, 4) is 0 Å². The Bertz CT molecular complexity index is 859. The second-order valence-electron chi connectivity index (χ2n) is 7.58. The highest BCUT2D eigenvalue weighted by molar-refractivity contribution is 5.22. The predicted molar refractivity (Wildman–Crippen MR) is 107 cm³/mol. The van der Waals surface area contributed by atoms with Crippen molar-refractivity contribution < 1.29 is 5.11 Å². The molecule has 28 heavy (non-hydrogen) atoms. The van der Waals surface area contributed by atoms with Crippen molar-refractivity contribution in [3.05, 3.63) is 71.8 Å². The Hall–Kier alpha value is -2.60. The summed E-state index contributed by atoms with van der Waals surface area (Å²) in [6.07, 6.45) is 12.3. The highest BCUT2D eigenvalue weighted by atomic mass is 16.3. The fourth-order valence-corrected chi connectivity index (χ4v) is 3.94. The minimum absolute atomic E-state index is 0.483. The molecule has 1 atom stereocenters. The maximum atomic E-state index is 10.8. The van der Waals surface area contributed by atoms with Crippen LogP contribution in [0.2, 0.25) is 0 Å². The van der Waals surface area contributed by atoms with Crippen LogP contribution in [-0.4, -0.2) is 29.8 Å². The van der Waals surface area contributed by atoms with Gasteiger partial charge in [-0.2, -0.15) is 5.10 Å². The smallest absolute Gasteiger partial charge is 0.183 e. The van der Waals surface area contributed by atoms with Crippen molar-refractivity contribution in [2.75, 3.05) is 0 Å². The van der Waals surface area contributed by atoms with Crippen molar-refractivity contribution in [2.45, 2.75) is 57.6 Å². The number of aliphatic hydroxyl groups excluding tert-OH is 1. The molecule has 1 fully saturated rings. The first-order chi connectivity index (χ1) is 13.8. The van der Waals surface area contributed by atoms with E-state index in [9.17, 15) is 5.11 Å². The van der Waals surface area contributed by atoms with Crippen LogP contribution in [0.4, 0.5) is 0 Å². The maximum absolute atomic E-state index is 10.8. The molecule has 2 heterocycles. The third kappa shape index (κ3) is 4.62. The zero-order valence-electron chi connectivity index (χ0n) is 16.1. The zero-order valence-corrected chi connectivity index (χ0v) is 16.1. The van der Waals surface area contributed by atoms with Crippen LogP contribution in [0.3, 0.4) is 0 Å². The number of rotatable bonds is 7. The SMILES string of the molecule is OC(c1ccccc1)c1nc(CCc2cnccn2)n(CC2CCCCC2)n1. The van der Waals surface area contributed by atoms with E-state index >= 15 is 0 Å². The van der Waals surface area contributed by atoms with Gasteiger partial charge < -0.3 is 5.11 Å². The van der Waals surface area contributed by atoms with E-state index in [4.69, 9.17) is 10.1 Å². The van der Waals surface area contributed by atoms with Crippen LogP contribution in [0.15, 0.2) is 48.9 Å². The molecule has 0 amide bonds. The van der Waals surface area contributed by atoms with E-state index in [1.807, 2.05) is 35.0 Å². The highest BCUT2D eigenvalue weighted by Gasteiger charge is 2.21. The largest absolute Gasteiger partial charge is 0.380 e. The van der Waals surface area contributed by atoms with E-state index in [1.54, 1.807) is 18.6 Å². The molecular weight excluding hydrogens is 350 g/mol. The first-order valence-electron chi connectivity index (χ1n) is 10.2. The van der Waals surface area contributed by atoms with Crippen molar-refractivity contribution in [1.29, 1.82) is 0 Å². The van der Waals surface area contributed by atoms with Gasteiger partial charge in [0.15, 0.2) is 5.82 Å². The Balaban J connectivity index is 1.55. The molecule has 1 aromatic carbocycles. The summed E-state index contributed by atoms with van der Waals surface area (Å²) in [6, 6.07) is 9.61. The molecule has 1 N–H and O–H groups in total. The summed E-state index contributed by atoms with van der Waals surface area (Å²) in [7, 11) is 0. The lowest BCUT2D eigenvalue weighted by Gasteiger charge is -2.21. The van der Waals surface area contributed by atoms with E-state index in [1.165, 1.54) is 32.1 Å². The normalized spacial score (nSPS) is 16.2. The van der Waals surface area contributed by atoms with Crippen molar-refractivity contribution in [2.24, 2.45) is 5.92 Å². The lowest BCUT2D eigenvalue weighted by molar-refractivity contribution is 0.208. The van der Waals surface area contributed by atoms with Gasteiger partial charge in [-0.1, -0.05) is 49.6 Å². The van der Waals surface area contributed by atoms with Gasteiger partial charge in [0, 0.05) is 31.6 Å². The molecule has 0 bridgehead atoms. The molecule has 0 spiro atoms.